The molecule has 10 aromatic rings. The van der Waals surface area contributed by atoms with Gasteiger partial charge in [-0.3, -0.25) is 0 Å². The molecule has 0 spiro atoms. The van der Waals surface area contributed by atoms with Crippen LogP contribution in [0.2, 0.25) is 0 Å². The summed E-state index contributed by atoms with van der Waals surface area (Å²) < 4.78 is 35.5. The quantitative estimate of drug-likeness (QED) is 0.0165. The van der Waals surface area contributed by atoms with Gasteiger partial charge in [0.05, 0.1) is 0 Å². The van der Waals surface area contributed by atoms with Crippen LogP contribution in [0, 0.1) is 0 Å². The molecule has 0 aromatic heterocycles. The van der Waals surface area contributed by atoms with Gasteiger partial charge < -0.3 is 33.5 Å². The molecule has 15 rings (SSSR count). The van der Waals surface area contributed by atoms with Crippen molar-refractivity contribution in [2.45, 2.75) is 140 Å². The number of esters is 5. The molecule has 12 nitrogen and oxygen atoms in total. The molecule has 0 amide bonds. The Labute approximate surface area is 700 Å². The van der Waals surface area contributed by atoms with Gasteiger partial charge in [-0.05, 0) is 172 Å². The fraction of sp³-hybridized carbons (Fsp3) is 0.272. The van der Waals surface area contributed by atoms with Crippen molar-refractivity contribution in [2.75, 3.05) is 38.1 Å². The van der Waals surface area contributed by atoms with E-state index in [9.17, 15) is 29.1 Å². The van der Waals surface area contributed by atoms with Gasteiger partial charge in [-0.15, -0.1) is 0 Å². The van der Waals surface area contributed by atoms with Gasteiger partial charge in [-0.25, -0.2) is 24.0 Å². The molecule has 0 aliphatic heterocycles. The minimum absolute atomic E-state index is 0.0523. The molecule has 0 radical (unpaired) electrons. The highest BCUT2D eigenvalue weighted by atomic mass is 32.2. The second-order valence-electron chi connectivity index (χ2n) is 30.4. The molecule has 0 atom stereocenters. The van der Waals surface area contributed by atoms with E-state index in [0.29, 0.717) is 60.2 Å². The molecule has 0 saturated heterocycles. The Bertz CT molecular complexity index is 4700. The molecule has 0 fully saturated rings. The SMILES string of the molecule is C=C(C)C(=O)OC1(CCCC)c2ccccc2-c2ccccc21.C=C(C)C(=O)OC1(CCCO)c2ccccc2-c2ccccc21.C=C(C)C(=O)OC1(CCCOC)c2ccccc2-c2ccccc21.C=C(C)C(=O)OC1(CCCS)c2ccccc2-c2ccccc21.C=C(C)C(=O)OC1(CCCSC)c2ccccc2-c2ccccc21. The summed E-state index contributed by atoms with van der Waals surface area (Å²) >= 11 is 6.16. The first kappa shape index (κ1) is 86.7. The lowest BCUT2D eigenvalue weighted by atomic mass is 9.86. The Morgan fingerprint density at radius 2 is 0.504 bits per heavy atom. The van der Waals surface area contributed by atoms with Gasteiger partial charge in [-0.1, -0.05) is 289 Å². The highest BCUT2D eigenvalue weighted by molar-refractivity contribution is 7.98. The van der Waals surface area contributed by atoms with Crippen molar-refractivity contribution < 1.29 is 57.5 Å². The molecule has 10 aromatic carbocycles. The number of carbonyl (C=O) groups excluding carboxylic acids is 5. The maximum atomic E-state index is 12.4. The van der Waals surface area contributed by atoms with Crippen molar-refractivity contribution >= 4 is 54.2 Å². The third-order valence-corrected chi connectivity index (χ3v) is 23.2. The number of methoxy groups -OCH3 is 1. The Morgan fingerprint density at radius 3 is 0.684 bits per heavy atom. The van der Waals surface area contributed by atoms with Crippen molar-refractivity contribution in [2.24, 2.45) is 0 Å². The maximum Gasteiger partial charge on any atom is 0.334 e. The van der Waals surface area contributed by atoms with Gasteiger partial charge >= 0.3 is 29.8 Å². The lowest BCUT2D eigenvalue weighted by Crippen LogP contribution is -2.32. The lowest BCUT2D eigenvalue weighted by molar-refractivity contribution is -0.153. The molecule has 5 aliphatic carbocycles. The van der Waals surface area contributed by atoms with Crippen LogP contribution in [0.3, 0.4) is 0 Å². The van der Waals surface area contributed by atoms with E-state index in [0.717, 1.165) is 168 Å². The number of aliphatic hydroxyl groups excluding tert-OH is 1. The number of rotatable bonds is 27. The number of hydrogen-bond donors (Lipinski definition) is 2. The third-order valence-electron chi connectivity index (χ3n) is 22.2. The number of ether oxygens (including phenoxy) is 6. The summed E-state index contributed by atoms with van der Waals surface area (Å²) in [5, 5.41) is 9.32. The van der Waals surface area contributed by atoms with Gasteiger partial charge in [0, 0.05) is 104 Å². The molecule has 117 heavy (non-hydrogen) atoms. The van der Waals surface area contributed by atoms with Crippen molar-refractivity contribution in [3.63, 3.8) is 0 Å². The molecule has 14 heteroatoms. The fourth-order valence-corrected chi connectivity index (χ4v) is 17.4. The molecule has 602 valence electrons. The van der Waals surface area contributed by atoms with Crippen molar-refractivity contribution in [3.05, 3.63) is 359 Å². The predicted octanol–water partition coefficient (Wildman–Crippen LogP) is 23.4. The number of hydrogen-bond acceptors (Lipinski definition) is 14. The van der Waals surface area contributed by atoms with Gasteiger partial charge in [-0.2, -0.15) is 24.4 Å². The number of thioether (sulfide) groups is 1. The van der Waals surface area contributed by atoms with Crippen molar-refractivity contribution in [3.8, 4) is 55.6 Å². The molecule has 5 aliphatic rings. The number of carbonyl (C=O) groups is 5. The lowest BCUT2D eigenvalue weighted by Gasteiger charge is -2.32. The molecular formula is C103H106O12S2. The molecule has 0 unspecified atom stereocenters. The predicted molar refractivity (Wildman–Crippen MR) is 475 cm³/mol. The van der Waals surface area contributed by atoms with Gasteiger partial charge in [0.2, 0.25) is 0 Å². The minimum atomic E-state index is -0.855. The van der Waals surface area contributed by atoms with E-state index in [-0.39, 0.29) is 30.5 Å². The molecule has 0 saturated carbocycles. The van der Waals surface area contributed by atoms with Crippen LogP contribution in [0.4, 0.5) is 0 Å². The summed E-state index contributed by atoms with van der Waals surface area (Å²) in [6.45, 7) is 29.9. The molecular weight excluding hydrogens is 1490 g/mol. The molecule has 1 N–H and O–H groups in total. The van der Waals surface area contributed by atoms with Crippen LogP contribution >= 0.6 is 24.4 Å². The highest BCUT2D eigenvalue weighted by Crippen LogP contribution is 2.58. The van der Waals surface area contributed by atoms with Crippen LogP contribution < -0.4 is 0 Å². The molecule has 0 heterocycles. The summed E-state index contributed by atoms with van der Waals surface area (Å²) in [4.78, 5) is 61.8. The van der Waals surface area contributed by atoms with E-state index < -0.39 is 34.0 Å². The highest BCUT2D eigenvalue weighted by Gasteiger charge is 2.51. The van der Waals surface area contributed by atoms with Crippen molar-refractivity contribution in [1.82, 2.24) is 0 Å². The zero-order valence-electron chi connectivity index (χ0n) is 68.5. The van der Waals surface area contributed by atoms with E-state index in [1.807, 2.05) is 169 Å². The van der Waals surface area contributed by atoms with Crippen LogP contribution in [-0.4, -0.2) is 73.0 Å². The Balaban J connectivity index is 0.000000144. The third kappa shape index (κ3) is 17.6. The zero-order valence-corrected chi connectivity index (χ0v) is 70.2. The Morgan fingerprint density at radius 1 is 0.316 bits per heavy atom. The summed E-state index contributed by atoms with van der Waals surface area (Å²) in [6.07, 6.45) is 10.8. The summed E-state index contributed by atoms with van der Waals surface area (Å²) in [6, 6.07) is 81.5. The van der Waals surface area contributed by atoms with E-state index in [2.05, 4.69) is 144 Å². The van der Waals surface area contributed by atoms with Crippen molar-refractivity contribution in [1.29, 1.82) is 0 Å². The number of benzene rings is 10. The number of aliphatic hydroxyl groups is 1. The van der Waals surface area contributed by atoms with Gasteiger partial charge in [0.25, 0.3) is 0 Å². The first-order valence-corrected chi connectivity index (χ1v) is 42.1. The zero-order chi connectivity index (χ0) is 83.7. The van der Waals surface area contributed by atoms with Crippen LogP contribution in [-0.2, 0) is 80.4 Å². The van der Waals surface area contributed by atoms with E-state index in [4.69, 9.17) is 28.4 Å². The maximum absolute atomic E-state index is 12.4. The number of thiol groups is 1. The van der Waals surface area contributed by atoms with E-state index in [1.165, 1.54) is 0 Å². The Kier molecular flexibility index (Phi) is 28.7. The topological polar surface area (TPSA) is 161 Å². The fourth-order valence-electron chi connectivity index (χ4n) is 16.8. The van der Waals surface area contributed by atoms with Crippen LogP contribution in [0.15, 0.2) is 303 Å². The summed E-state index contributed by atoms with van der Waals surface area (Å²) in [5.41, 5.74) is 20.1. The second kappa shape index (κ2) is 38.8. The number of fused-ring (bicyclic) bond motifs is 15. The van der Waals surface area contributed by atoms with E-state index in [1.54, 1.807) is 41.7 Å². The van der Waals surface area contributed by atoms with Gasteiger partial charge in [0.15, 0.2) is 28.0 Å². The normalized spacial score (nSPS) is 14.0. The van der Waals surface area contributed by atoms with Crippen LogP contribution in [0.1, 0.15) is 168 Å². The van der Waals surface area contributed by atoms with Gasteiger partial charge in [0.1, 0.15) is 0 Å². The smallest absolute Gasteiger partial charge is 0.334 e. The van der Waals surface area contributed by atoms with Crippen LogP contribution in [0.25, 0.3) is 55.6 Å². The first-order chi connectivity index (χ1) is 56.5. The minimum Gasteiger partial charge on any atom is -0.446 e. The summed E-state index contributed by atoms with van der Waals surface area (Å²) in [5.74, 6) is 0.00949. The largest absolute Gasteiger partial charge is 0.446 e. The molecule has 0 bridgehead atoms. The standard InChI is InChI=1S/C21H22O3.C21H22O2S.C21H22O2.C20H20O3.C20H20O2S/c1-15(2)20(22)24-21(13-8-14-23-3)18-11-6-4-9-16(18)17-10-5-7-12-19(17)21;1-15(2)20(22)23-21(13-8-14-24-3)18-11-6-4-9-16(18)17-10-5-7-12-19(17)21;1-4-5-14-21(23-20(22)15(2)3)18-12-8-6-10-16(18)17-11-7-9-13-19(17)21;1-14(2)19(22)23-20(12-7-13-21)17-10-5-3-8-15(17)16-9-4-6-11-18(16)20;1-14(2)19(21)22-20(12-7-13-23)17-10-5-3-8-15(17)16-9-4-6-11-18(16)20/h2*4-7,9-12H,1,8,13-14H2,2-3H3;6-13H,2,4-5,14H2,1,3H3;3-6,8-11,21H,1,7,12-13H2,2H3;3-6,8-11,23H,1,7,12-13H2,2H3. The average molecular weight is 1600 g/mol. The van der Waals surface area contributed by atoms with E-state index >= 15 is 0 Å². The average Bonchev–Trinajstić information content (AvgIpc) is 1.61. The van der Waals surface area contributed by atoms with Crippen LogP contribution in [0.5, 0.6) is 0 Å². The number of unbranched alkanes of at least 4 members (excludes halogenated alkanes) is 1. The Hall–Kier alpha value is -11.1. The second-order valence-corrected chi connectivity index (χ2v) is 31.8. The summed E-state index contributed by atoms with van der Waals surface area (Å²) in [7, 11) is 1.68. The first-order valence-electron chi connectivity index (χ1n) is 40.1. The monoisotopic (exact) mass is 1600 g/mol.